The highest BCUT2D eigenvalue weighted by atomic mass is 79.9. The van der Waals surface area contributed by atoms with Crippen LogP contribution in [0.2, 0.25) is 0 Å². The number of rotatable bonds is 8. The van der Waals surface area contributed by atoms with E-state index in [-0.39, 0.29) is 17.5 Å². The first-order chi connectivity index (χ1) is 9.46. The Morgan fingerprint density at radius 2 is 2.10 bits per heavy atom. The molecule has 1 rings (SSSR count). The van der Waals surface area contributed by atoms with Crippen molar-refractivity contribution in [2.24, 2.45) is 0 Å². The van der Waals surface area contributed by atoms with Gasteiger partial charge in [0.05, 0.1) is 10.1 Å². The summed E-state index contributed by atoms with van der Waals surface area (Å²) in [5, 5.41) is 3.56. The maximum absolute atomic E-state index is 13.3. The standard InChI is InChI=1S/C16H25BrFNO/c1-5-9-19-15(16(3,6-2)20-4)11-12-7-8-14(18)13(17)10-12/h7-8,10,15,19H,5-6,9,11H2,1-4H3. The van der Waals surface area contributed by atoms with Gasteiger partial charge in [0.25, 0.3) is 0 Å². The van der Waals surface area contributed by atoms with Gasteiger partial charge < -0.3 is 10.1 Å². The van der Waals surface area contributed by atoms with Crippen LogP contribution in [0.15, 0.2) is 22.7 Å². The fraction of sp³-hybridized carbons (Fsp3) is 0.625. The third-order valence-corrected chi connectivity index (χ3v) is 4.58. The summed E-state index contributed by atoms with van der Waals surface area (Å²) in [5.41, 5.74) is 0.874. The summed E-state index contributed by atoms with van der Waals surface area (Å²) in [4.78, 5) is 0. The maximum atomic E-state index is 13.3. The van der Waals surface area contributed by atoms with Gasteiger partial charge >= 0.3 is 0 Å². The molecule has 1 N–H and O–H groups in total. The van der Waals surface area contributed by atoms with Crippen molar-refractivity contribution in [3.05, 3.63) is 34.1 Å². The predicted octanol–water partition coefficient (Wildman–Crippen LogP) is 4.31. The van der Waals surface area contributed by atoms with Crippen LogP contribution >= 0.6 is 15.9 Å². The summed E-state index contributed by atoms with van der Waals surface area (Å²) in [7, 11) is 1.75. The minimum absolute atomic E-state index is 0.204. The number of benzene rings is 1. The molecule has 0 heterocycles. The van der Waals surface area contributed by atoms with Crippen LogP contribution in [-0.2, 0) is 11.2 Å². The Labute approximate surface area is 130 Å². The van der Waals surface area contributed by atoms with Crippen LogP contribution in [0.3, 0.4) is 0 Å². The highest BCUT2D eigenvalue weighted by Crippen LogP contribution is 2.24. The van der Waals surface area contributed by atoms with Crippen LogP contribution in [0, 0.1) is 5.82 Å². The van der Waals surface area contributed by atoms with Crippen molar-refractivity contribution in [1.29, 1.82) is 0 Å². The van der Waals surface area contributed by atoms with Gasteiger partial charge in [-0.3, -0.25) is 0 Å². The number of halogens is 2. The van der Waals surface area contributed by atoms with Gasteiger partial charge in [-0.05, 0) is 66.4 Å². The van der Waals surface area contributed by atoms with E-state index in [0.29, 0.717) is 4.47 Å². The van der Waals surface area contributed by atoms with Crippen molar-refractivity contribution in [2.75, 3.05) is 13.7 Å². The van der Waals surface area contributed by atoms with Gasteiger partial charge in [-0.1, -0.05) is 19.9 Å². The van der Waals surface area contributed by atoms with E-state index in [4.69, 9.17) is 4.74 Å². The second kappa shape index (κ2) is 8.11. The Balaban J connectivity index is 2.90. The van der Waals surface area contributed by atoms with Gasteiger partial charge in [-0.25, -0.2) is 4.39 Å². The Hall–Kier alpha value is -0.450. The van der Waals surface area contributed by atoms with Crippen molar-refractivity contribution in [3.8, 4) is 0 Å². The van der Waals surface area contributed by atoms with Crippen LogP contribution in [-0.4, -0.2) is 25.3 Å². The molecule has 0 spiro atoms. The lowest BCUT2D eigenvalue weighted by atomic mass is 9.88. The van der Waals surface area contributed by atoms with E-state index in [1.54, 1.807) is 7.11 Å². The Kier molecular flexibility index (Phi) is 7.13. The average molecular weight is 346 g/mol. The summed E-state index contributed by atoms with van der Waals surface area (Å²) in [6.07, 6.45) is 2.82. The molecule has 0 fully saturated rings. The van der Waals surface area contributed by atoms with Gasteiger partial charge in [0, 0.05) is 13.2 Å². The van der Waals surface area contributed by atoms with E-state index in [9.17, 15) is 4.39 Å². The van der Waals surface area contributed by atoms with Crippen molar-refractivity contribution in [3.63, 3.8) is 0 Å². The molecule has 4 heteroatoms. The molecule has 0 amide bonds. The molecule has 20 heavy (non-hydrogen) atoms. The maximum Gasteiger partial charge on any atom is 0.137 e. The number of hydrogen-bond acceptors (Lipinski definition) is 2. The molecule has 0 saturated carbocycles. The van der Waals surface area contributed by atoms with Crippen molar-refractivity contribution in [1.82, 2.24) is 5.32 Å². The van der Waals surface area contributed by atoms with Crippen molar-refractivity contribution < 1.29 is 9.13 Å². The lowest BCUT2D eigenvalue weighted by molar-refractivity contribution is -0.0287. The van der Waals surface area contributed by atoms with E-state index in [2.05, 4.69) is 42.0 Å². The van der Waals surface area contributed by atoms with Crippen LogP contribution < -0.4 is 5.32 Å². The molecule has 114 valence electrons. The molecule has 2 nitrogen and oxygen atoms in total. The fourth-order valence-electron chi connectivity index (χ4n) is 2.26. The minimum atomic E-state index is -0.226. The first kappa shape index (κ1) is 17.6. The fourth-order valence-corrected chi connectivity index (χ4v) is 2.68. The summed E-state index contributed by atoms with van der Waals surface area (Å²) in [6.45, 7) is 7.35. The third-order valence-electron chi connectivity index (χ3n) is 3.97. The molecule has 0 aromatic heterocycles. The Bertz CT molecular complexity index is 421. The summed E-state index contributed by atoms with van der Waals surface area (Å²) < 4.78 is 19.6. The van der Waals surface area contributed by atoms with Gasteiger partial charge in [0.2, 0.25) is 0 Å². The summed E-state index contributed by atoms with van der Waals surface area (Å²) >= 11 is 3.25. The molecule has 0 bridgehead atoms. The van der Waals surface area contributed by atoms with Gasteiger partial charge in [0.1, 0.15) is 5.82 Å². The normalized spacial score (nSPS) is 15.9. The highest BCUT2D eigenvalue weighted by Gasteiger charge is 2.32. The minimum Gasteiger partial charge on any atom is -0.377 e. The van der Waals surface area contributed by atoms with Gasteiger partial charge in [-0.2, -0.15) is 0 Å². The molecule has 0 aliphatic carbocycles. The zero-order chi connectivity index (χ0) is 15.2. The van der Waals surface area contributed by atoms with Crippen LogP contribution in [0.25, 0.3) is 0 Å². The molecule has 0 aliphatic heterocycles. The van der Waals surface area contributed by atoms with Crippen LogP contribution in [0.5, 0.6) is 0 Å². The largest absolute Gasteiger partial charge is 0.377 e. The molecule has 0 radical (unpaired) electrons. The molecule has 1 aromatic rings. The lowest BCUT2D eigenvalue weighted by Crippen LogP contribution is -2.51. The monoisotopic (exact) mass is 345 g/mol. The number of methoxy groups -OCH3 is 1. The van der Waals surface area contributed by atoms with E-state index in [1.165, 1.54) is 6.07 Å². The van der Waals surface area contributed by atoms with E-state index >= 15 is 0 Å². The van der Waals surface area contributed by atoms with E-state index in [1.807, 2.05) is 12.1 Å². The molecular formula is C16H25BrFNO. The van der Waals surface area contributed by atoms with Crippen LogP contribution in [0.1, 0.15) is 39.2 Å². The molecular weight excluding hydrogens is 321 g/mol. The SMILES string of the molecule is CCCNC(Cc1ccc(F)c(Br)c1)C(C)(CC)OC. The third kappa shape index (κ3) is 4.54. The van der Waals surface area contributed by atoms with E-state index < -0.39 is 0 Å². The zero-order valence-electron chi connectivity index (χ0n) is 12.8. The number of hydrogen-bond donors (Lipinski definition) is 1. The molecule has 2 atom stereocenters. The Morgan fingerprint density at radius 3 is 2.60 bits per heavy atom. The van der Waals surface area contributed by atoms with Gasteiger partial charge in [-0.15, -0.1) is 0 Å². The quantitative estimate of drug-likeness (QED) is 0.757. The van der Waals surface area contributed by atoms with Crippen molar-refractivity contribution >= 4 is 15.9 Å². The molecule has 0 aliphatic rings. The first-order valence-electron chi connectivity index (χ1n) is 7.19. The van der Waals surface area contributed by atoms with Crippen LogP contribution in [0.4, 0.5) is 4.39 Å². The van der Waals surface area contributed by atoms with Crippen molar-refractivity contribution in [2.45, 2.75) is 51.7 Å². The van der Waals surface area contributed by atoms with Gasteiger partial charge in [0.15, 0.2) is 0 Å². The lowest BCUT2D eigenvalue weighted by Gasteiger charge is -2.36. The number of ether oxygens (including phenoxy) is 1. The molecule has 0 saturated heterocycles. The first-order valence-corrected chi connectivity index (χ1v) is 7.98. The smallest absolute Gasteiger partial charge is 0.137 e. The van der Waals surface area contributed by atoms with E-state index in [0.717, 1.165) is 31.4 Å². The summed E-state index contributed by atoms with van der Waals surface area (Å²) in [5.74, 6) is -0.225. The average Bonchev–Trinajstić information content (AvgIpc) is 2.46. The zero-order valence-corrected chi connectivity index (χ0v) is 14.4. The summed E-state index contributed by atoms with van der Waals surface area (Å²) in [6, 6.07) is 5.40. The predicted molar refractivity (Wildman–Crippen MR) is 85.6 cm³/mol. The highest BCUT2D eigenvalue weighted by molar-refractivity contribution is 9.10. The molecule has 1 aromatic carbocycles. The molecule has 2 unspecified atom stereocenters. The topological polar surface area (TPSA) is 21.3 Å². The second-order valence-electron chi connectivity index (χ2n) is 5.33. The Morgan fingerprint density at radius 1 is 1.40 bits per heavy atom. The number of nitrogens with one attached hydrogen (secondary N) is 1. The second-order valence-corrected chi connectivity index (χ2v) is 6.18.